The summed E-state index contributed by atoms with van der Waals surface area (Å²) in [5.41, 5.74) is 2.71. The molecule has 0 spiro atoms. The molecule has 202 valence electrons. The number of rotatable bonds is 13. The average Bonchev–Trinajstić information content (AvgIpc) is 3.32. The number of carbonyl (C=O) groups excluding carboxylic acids is 1. The number of ketones is 1. The fourth-order valence-electron chi connectivity index (χ4n) is 4.22. The number of ether oxygens (including phenoxy) is 2. The van der Waals surface area contributed by atoms with Crippen molar-refractivity contribution in [3.05, 3.63) is 66.0 Å². The molecule has 38 heavy (non-hydrogen) atoms. The topological polar surface area (TPSA) is 76.6 Å². The summed E-state index contributed by atoms with van der Waals surface area (Å²) in [6, 6.07) is 9.37. The van der Waals surface area contributed by atoms with Crippen LogP contribution in [0.3, 0.4) is 0 Å². The highest BCUT2D eigenvalue weighted by Gasteiger charge is 2.24. The number of nitriles is 1. The highest BCUT2D eigenvalue weighted by Crippen LogP contribution is 2.34. The van der Waals surface area contributed by atoms with E-state index in [9.17, 15) is 23.2 Å². The van der Waals surface area contributed by atoms with Gasteiger partial charge in [-0.3, -0.25) is 9.20 Å². The van der Waals surface area contributed by atoms with Gasteiger partial charge in [-0.1, -0.05) is 13.5 Å². The summed E-state index contributed by atoms with van der Waals surface area (Å²) in [5, 5.41) is 9.48. The largest absolute Gasteiger partial charge is 0.496 e. The van der Waals surface area contributed by atoms with Crippen molar-refractivity contribution in [3.63, 3.8) is 0 Å². The minimum atomic E-state index is -2.44. The van der Waals surface area contributed by atoms with Crippen LogP contribution in [0.2, 0.25) is 0 Å². The van der Waals surface area contributed by atoms with Gasteiger partial charge in [0.25, 0.3) is 0 Å². The first-order chi connectivity index (χ1) is 18.0. The monoisotopic (exact) mass is 527 g/mol. The van der Waals surface area contributed by atoms with Crippen molar-refractivity contribution in [3.8, 4) is 23.1 Å². The Morgan fingerprint density at radius 3 is 2.66 bits per heavy atom. The molecule has 0 aliphatic rings. The van der Waals surface area contributed by atoms with E-state index in [2.05, 4.69) is 17.6 Å². The van der Waals surface area contributed by atoms with E-state index in [4.69, 9.17) is 9.47 Å². The number of halogens is 3. The van der Waals surface area contributed by atoms with Crippen molar-refractivity contribution < 1.29 is 27.4 Å². The zero-order chi connectivity index (χ0) is 28.0. The second-order valence-electron chi connectivity index (χ2n) is 9.83. The van der Waals surface area contributed by atoms with Gasteiger partial charge in [-0.15, -0.1) is 0 Å². The van der Waals surface area contributed by atoms with Crippen LogP contribution in [0.5, 0.6) is 5.75 Å². The Bertz CT molecular complexity index is 1340. The molecular formula is C29H32F3N3O3. The van der Waals surface area contributed by atoms with E-state index < -0.39 is 18.2 Å². The summed E-state index contributed by atoms with van der Waals surface area (Å²) in [5.74, 6) is -0.378. The SMILES string of the molecule is C=CC(F)OCc1cc(-c2cnc3cc(C(C)(C)C#N)ccn23)cc(OC)c1C(=O)CCC(C)CC(F)F. The Morgan fingerprint density at radius 2 is 2.03 bits per heavy atom. The molecule has 0 N–H and O–H groups in total. The summed E-state index contributed by atoms with van der Waals surface area (Å²) in [7, 11) is 1.42. The first kappa shape index (κ1) is 28.9. The lowest BCUT2D eigenvalue weighted by atomic mass is 9.87. The van der Waals surface area contributed by atoms with Crippen LogP contribution in [0.15, 0.2) is 49.3 Å². The van der Waals surface area contributed by atoms with E-state index in [1.165, 1.54) is 7.11 Å². The minimum absolute atomic E-state index is 0.0319. The number of nitrogens with zero attached hydrogens (tertiary/aromatic N) is 3. The van der Waals surface area contributed by atoms with Crippen molar-refractivity contribution in [2.75, 3.05) is 7.11 Å². The Labute approximate surface area is 220 Å². The number of carbonyl (C=O) groups is 1. The second kappa shape index (κ2) is 12.3. The van der Waals surface area contributed by atoms with Crippen LogP contribution >= 0.6 is 0 Å². The van der Waals surface area contributed by atoms with Gasteiger partial charge in [0.1, 0.15) is 11.4 Å². The van der Waals surface area contributed by atoms with E-state index in [1.807, 2.05) is 36.6 Å². The van der Waals surface area contributed by atoms with E-state index in [0.29, 0.717) is 22.5 Å². The maximum atomic E-state index is 13.9. The Kier molecular flexibility index (Phi) is 9.34. The first-order valence-electron chi connectivity index (χ1n) is 12.3. The summed E-state index contributed by atoms with van der Waals surface area (Å²) in [6.07, 6.45) is 0.317. The van der Waals surface area contributed by atoms with Crippen LogP contribution < -0.4 is 4.74 Å². The van der Waals surface area contributed by atoms with Gasteiger partial charge in [-0.2, -0.15) is 5.26 Å². The van der Waals surface area contributed by atoms with Gasteiger partial charge >= 0.3 is 0 Å². The van der Waals surface area contributed by atoms with Gasteiger partial charge < -0.3 is 9.47 Å². The van der Waals surface area contributed by atoms with Gasteiger partial charge in [0.05, 0.1) is 42.7 Å². The fourth-order valence-corrected chi connectivity index (χ4v) is 4.22. The van der Waals surface area contributed by atoms with Crippen LogP contribution in [0.1, 0.15) is 61.5 Å². The number of hydrogen-bond donors (Lipinski definition) is 0. The number of fused-ring (bicyclic) bond motifs is 1. The molecule has 0 saturated heterocycles. The molecular weight excluding hydrogens is 495 g/mol. The predicted octanol–water partition coefficient (Wildman–Crippen LogP) is 7.06. The van der Waals surface area contributed by atoms with Crippen LogP contribution in [-0.4, -0.2) is 35.1 Å². The summed E-state index contributed by atoms with van der Waals surface area (Å²) in [6.45, 7) is 8.47. The maximum Gasteiger partial charge on any atom is 0.238 e. The summed E-state index contributed by atoms with van der Waals surface area (Å²) in [4.78, 5) is 17.7. The number of imidazole rings is 1. The number of pyridine rings is 1. The lowest BCUT2D eigenvalue weighted by Gasteiger charge is -2.18. The quantitative estimate of drug-likeness (QED) is 0.176. The molecule has 0 radical (unpaired) electrons. The number of hydrogen-bond acceptors (Lipinski definition) is 5. The molecule has 0 aliphatic heterocycles. The third-order valence-corrected chi connectivity index (χ3v) is 6.52. The number of benzene rings is 1. The van der Waals surface area contributed by atoms with Crippen LogP contribution in [0.4, 0.5) is 13.2 Å². The molecule has 2 heterocycles. The van der Waals surface area contributed by atoms with Crippen molar-refractivity contribution in [1.82, 2.24) is 9.38 Å². The molecule has 0 amide bonds. The van der Waals surface area contributed by atoms with Crippen molar-refractivity contribution in [2.45, 2.75) is 64.8 Å². The van der Waals surface area contributed by atoms with Gasteiger partial charge in [0.15, 0.2) is 5.78 Å². The smallest absolute Gasteiger partial charge is 0.238 e. The molecule has 0 fully saturated rings. The molecule has 6 nitrogen and oxygen atoms in total. The standard InChI is InChI=1S/C29H32F3N3O3/c1-6-26(32)38-16-20-12-19(13-24(37-5)28(20)23(36)8-7-18(2)11-25(30)31)22-15-34-27-14-21(9-10-35(22)27)29(3,4)17-33/h6,9-10,12-15,18,25-26H,1,7-8,11,16H2,2-5H3. The van der Waals surface area contributed by atoms with Crippen molar-refractivity contribution in [1.29, 1.82) is 5.26 Å². The fraction of sp³-hybridized carbons (Fsp3) is 0.414. The van der Waals surface area contributed by atoms with Crippen LogP contribution in [0, 0.1) is 17.2 Å². The van der Waals surface area contributed by atoms with E-state index in [1.54, 1.807) is 25.3 Å². The molecule has 1 aromatic carbocycles. The van der Waals surface area contributed by atoms with Gasteiger partial charge in [-0.05, 0) is 67.7 Å². The predicted molar refractivity (Wildman–Crippen MR) is 139 cm³/mol. The number of methoxy groups -OCH3 is 1. The van der Waals surface area contributed by atoms with E-state index >= 15 is 0 Å². The maximum absolute atomic E-state index is 13.9. The highest BCUT2D eigenvalue weighted by molar-refractivity contribution is 6.01. The van der Waals surface area contributed by atoms with Gasteiger partial charge in [0, 0.05) is 24.6 Å². The Morgan fingerprint density at radius 1 is 1.29 bits per heavy atom. The molecule has 2 unspecified atom stereocenters. The Hall–Kier alpha value is -3.64. The first-order valence-corrected chi connectivity index (χ1v) is 12.3. The second-order valence-corrected chi connectivity index (χ2v) is 9.83. The number of alkyl halides is 3. The zero-order valence-corrected chi connectivity index (χ0v) is 22.0. The molecule has 3 rings (SSSR count). The molecule has 2 atom stereocenters. The minimum Gasteiger partial charge on any atom is -0.496 e. The molecule has 0 saturated carbocycles. The third kappa shape index (κ3) is 6.62. The molecule has 9 heteroatoms. The third-order valence-electron chi connectivity index (χ3n) is 6.52. The summed E-state index contributed by atoms with van der Waals surface area (Å²) >= 11 is 0. The lowest BCUT2D eigenvalue weighted by Crippen LogP contribution is -2.14. The zero-order valence-electron chi connectivity index (χ0n) is 22.0. The molecule has 0 aliphatic carbocycles. The van der Waals surface area contributed by atoms with Crippen molar-refractivity contribution in [2.24, 2.45) is 5.92 Å². The molecule has 3 aromatic rings. The lowest BCUT2D eigenvalue weighted by molar-refractivity contribution is -0.0142. The van der Waals surface area contributed by atoms with E-state index in [-0.39, 0.29) is 48.9 Å². The number of aromatic nitrogens is 2. The van der Waals surface area contributed by atoms with Crippen LogP contribution in [0.25, 0.3) is 16.9 Å². The average molecular weight is 528 g/mol. The number of Topliss-reactive ketones (excluding diaryl/α,β-unsaturated/α-hetero) is 1. The van der Waals surface area contributed by atoms with Gasteiger partial charge in [-0.25, -0.2) is 18.2 Å². The highest BCUT2D eigenvalue weighted by atomic mass is 19.3. The van der Waals surface area contributed by atoms with Gasteiger partial charge in [0.2, 0.25) is 12.8 Å². The van der Waals surface area contributed by atoms with Crippen LogP contribution in [-0.2, 0) is 16.8 Å². The molecule has 0 bridgehead atoms. The summed E-state index contributed by atoms with van der Waals surface area (Å²) < 4.78 is 52.0. The molecule has 2 aromatic heterocycles. The normalized spacial score (nSPS) is 13.3. The Balaban J connectivity index is 2.05. The van der Waals surface area contributed by atoms with E-state index in [0.717, 1.165) is 11.6 Å². The van der Waals surface area contributed by atoms with Crippen molar-refractivity contribution >= 4 is 11.4 Å².